The Balaban J connectivity index is 1.33. The summed E-state index contributed by atoms with van der Waals surface area (Å²) >= 11 is 11.8. The van der Waals surface area contributed by atoms with Crippen LogP contribution in [0.15, 0.2) is 87.4 Å². The van der Waals surface area contributed by atoms with Crippen LogP contribution in [-0.4, -0.2) is 18.2 Å². The molecule has 0 bridgehead atoms. The second-order valence-corrected chi connectivity index (χ2v) is 16.7. The summed E-state index contributed by atoms with van der Waals surface area (Å²) in [4.78, 5) is 2.93. The van der Waals surface area contributed by atoms with Crippen molar-refractivity contribution in [1.29, 1.82) is 0 Å². The van der Waals surface area contributed by atoms with Crippen molar-refractivity contribution in [3.63, 3.8) is 0 Å². The Morgan fingerprint density at radius 3 is 1.74 bits per heavy atom. The molecule has 4 rings (SSSR count). The predicted octanol–water partition coefficient (Wildman–Crippen LogP) is 9.07. The lowest BCUT2D eigenvalue weighted by atomic mass is 10.4. The fourth-order valence-corrected chi connectivity index (χ4v) is 13.8. The summed E-state index contributed by atoms with van der Waals surface area (Å²) in [7, 11) is -0.279. The molecule has 0 saturated heterocycles. The van der Waals surface area contributed by atoms with Crippen molar-refractivity contribution in [2.75, 3.05) is 18.2 Å². The Bertz CT molecular complexity index is 958. The molecule has 0 aliphatic carbocycles. The monoisotopic (exact) mass is 536 g/mol. The average molecular weight is 537 g/mol. The molecule has 2 aromatic carbocycles. The van der Waals surface area contributed by atoms with Gasteiger partial charge in [0, 0.05) is 9.81 Å². The first-order chi connectivity index (χ1) is 15.2. The Hall–Kier alpha value is 0.190. The van der Waals surface area contributed by atoms with Gasteiger partial charge in [-0.3, -0.25) is 0 Å². The van der Waals surface area contributed by atoms with Gasteiger partial charge in [-0.2, -0.15) is 0 Å². The Kier molecular flexibility index (Phi) is 9.46. The molecule has 2 aromatic rings. The molecule has 0 N–H and O–H groups in total. The van der Waals surface area contributed by atoms with Gasteiger partial charge in [-0.25, -0.2) is 0 Å². The van der Waals surface area contributed by atoms with E-state index in [9.17, 15) is 0 Å². The number of benzene rings is 2. The maximum atomic E-state index is 2.30. The largest absolute Gasteiger partial charge is 0.122 e. The number of allylic oxidation sites excluding steroid dienone is 2. The molecule has 2 aliphatic rings. The van der Waals surface area contributed by atoms with Gasteiger partial charge >= 0.3 is 0 Å². The van der Waals surface area contributed by atoms with Gasteiger partial charge in [-0.1, -0.05) is 108 Å². The van der Waals surface area contributed by atoms with Gasteiger partial charge in [-0.05, 0) is 57.0 Å². The molecule has 0 spiro atoms. The van der Waals surface area contributed by atoms with Crippen molar-refractivity contribution < 1.29 is 0 Å². The maximum Gasteiger partial charge on any atom is 0.0708 e. The SMILES string of the molecule is CSC1=C(C)S/C(=C2/SC(C)=C(SCCCP(c3ccccc3)c3ccccc3)S2)S1. The lowest BCUT2D eigenvalue weighted by Gasteiger charge is -2.18. The number of hydrogen-bond acceptors (Lipinski definition) is 6. The summed E-state index contributed by atoms with van der Waals surface area (Å²) in [6.07, 6.45) is 4.68. The van der Waals surface area contributed by atoms with Gasteiger partial charge in [0.05, 0.1) is 16.9 Å². The molecular weight excluding hydrogens is 512 g/mol. The van der Waals surface area contributed by atoms with E-state index in [2.05, 4.69) is 92.5 Å². The van der Waals surface area contributed by atoms with Crippen molar-refractivity contribution in [2.24, 2.45) is 0 Å². The summed E-state index contributed by atoms with van der Waals surface area (Å²) < 4.78 is 5.92. The van der Waals surface area contributed by atoms with Crippen LogP contribution in [0.25, 0.3) is 0 Å². The van der Waals surface area contributed by atoms with Crippen molar-refractivity contribution in [2.45, 2.75) is 20.3 Å². The highest BCUT2D eigenvalue weighted by Gasteiger charge is 2.27. The Morgan fingerprint density at radius 2 is 1.23 bits per heavy atom. The molecule has 0 nitrogen and oxygen atoms in total. The van der Waals surface area contributed by atoms with E-state index in [0.717, 1.165) is 0 Å². The molecule has 2 heterocycles. The van der Waals surface area contributed by atoms with Crippen LogP contribution in [0.1, 0.15) is 20.3 Å². The van der Waals surface area contributed by atoms with E-state index in [1.165, 1.54) is 55.7 Å². The second kappa shape index (κ2) is 12.1. The van der Waals surface area contributed by atoms with Gasteiger partial charge < -0.3 is 0 Å². The fraction of sp³-hybridized carbons (Fsp3) is 0.250. The molecule has 31 heavy (non-hydrogen) atoms. The maximum absolute atomic E-state index is 2.30. The van der Waals surface area contributed by atoms with Crippen LogP contribution < -0.4 is 10.6 Å². The van der Waals surface area contributed by atoms with Crippen LogP contribution in [0.3, 0.4) is 0 Å². The summed E-state index contributed by atoms with van der Waals surface area (Å²) in [6.45, 7) is 4.53. The first-order valence-corrected chi connectivity index (χ1v) is 17.1. The quantitative estimate of drug-likeness (QED) is 0.242. The van der Waals surface area contributed by atoms with E-state index in [1.54, 1.807) is 0 Å². The summed E-state index contributed by atoms with van der Waals surface area (Å²) in [5.74, 6) is 1.19. The van der Waals surface area contributed by atoms with Crippen molar-refractivity contribution in [1.82, 2.24) is 0 Å². The topological polar surface area (TPSA) is 0 Å². The van der Waals surface area contributed by atoms with Gasteiger partial charge in [-0.15, -0.1) is 23.5 Å². The number of rotatable bonds is 8. The van der Waals surface area contributed by atoms with E-state index in [-0.39, 0.29) is 7.92 Å². The zero-order valence-electron chi connectivity index (χ0n) is 17.8. The minimum atomic E-state index is -0.279. The third kappa shape index (κ3) is 6.41. The first-order valence-electron chi connectivity index (χ1n) is 10.1. The van der Waals surface area contributed by atoms with Gasteiger partial charge in [0.25, 0.3) is 0 Å². The van der Waals surface area contributed by atoms with Gasteiger partial charge in [0.2, 0.25) is 0 Å². The van der Waals surface area contributed by atoms with Crippen LogP contribution >= 0.6 is 78.5 Å². The van der Waals surface area contributed by atoms with E-state index >= 15 is 0 Å². The van der Waals surface area contributed by atoms with Crippen molar-refractivity contribution >= 4 is 89.1 Å². The van der Waals surface area contributed by atoms with E-state index in [4.69, 9.17) is 0 Å². The van der Waals surface area contributed by atoms with Crippen molar-refractivity contribution in [3.05, 3.63) is 87.4 Å². The van der Waals surface area contributed by atoms with Gasteiger partial charge in [0.1, 0.15) is 0 Å². The lowest BCUT2D eigenvalue weighted by Crippen LogP contribution is -2.14. The standard InChI is InChI=1S/C24H25PS6/c1-17-21(26-3)30-23(28-17)24-29-18(2)22(31-24)27-16-10-15-25(19-11-6-4-7-12-19)20-13-8-5-9-14-20/h4-9,11-14H,10,15-16H2,1-3H3/b24-23+. The summed E-state index contributed by atoms with van der Waals surface area (Å²) in [5, 5.41) is 2.98. The zero-order chi connectivity index (χ0) is 21.6. The van der Waals surface area contributed by atoms with E-state index < -0.39 is 0 Å². The molecule has 0 radical (unpaired) electrons. The minimum Gasteiger partial charge on any atom is -0.122 e. The number of hydrogen-bond donors (Lipinski definition) is 0. The van der Waals surface area contributed by atoms with E-state index in [1.807, 2.05) is 58.8 Å². The molecule has 0 saturated carbocycles. The molecule has 162 valence electrons. The molecular formula is C24H25PS6. The molecule has 2 aliphatic heterocycles. The summed E-state index contributed by atoms with van der Waals surface area (Å²) in [6, 6.07) is 22.2. The smallest absolute Gasteiger partial charge is 0.0708 e. The second-order valence-electron chi connectivity index (χ2n) is 6.90. The lowest BCUT2D eigenvalue weighted by molar-refractivity contribution is 1.12. The van der Waals surface area contributed by atoms with Gasteiger partial charge in [0.15, 0.2) is 0 Å². The van der Waals surface area contributed by atoms with Crippen molar-refractivity contribution in [3.8, 4) is 0 Å². The predicted molar refractivity (Wildman–Crippen MR) is 157 cm³/mol. The normalized spacial score (nSPS) is 19.2. The third-order valence-electron chi connectivity index (χ3n) is 4.68. The molecule has 0 unspecified atom stereocenters. The van der Waals surface area contributed by atoms with Crippen LogP contribution in [0.5, 0.6) is 0 Å². The van der Waals surface area contributed by atoms with E-state index in [0.29, 0.717) is 0 Å². The summed E-state index contributed by atoms with van der Waals surface area (Å²) in [5.41, 5.74) is 0. The Labute approximate surface area is 213 Å². The highest BCUT2D eigenvalue weighted by Crippen LogP contribution is 2.62. The molecule has 0 fully saturated rings. The van der Waals surface area contributed by atoms with Crippen LogP contribution in [0.4, 0.5) is 0 Å². The first kappa shape index (κ1) is 24.3. The molecule has 7 heteroatoms. The average Bonchev–Trinajstić information content (AvgIpc) is 3.37. The molecule has 0 amide bonds. The highest BCUT2D eigenvalue weighted by atomic mass is 32.2. The van der Waals surface area contributed by atoms with Crippen LogP contribution in [-0.2, 0) is 0 Å². The fourth-order valence-electron chi connectivity index (χ4n) is 3.21. The van der Waals surface area contributed by atoms with Crippen LogP contribution in [0, 0.1) is 0 Å². The van der Waals surface area contributed by atoms with Crippen LogP contribution in [0.2, 0.25) is 0 Å². The zero-order valence-corrected chi connectivity index (χ0v) is 23.6. The highest BCUT2D eigenvalue weighted by molar-refractivity contribution is 8.40. The molecule has 0 atom stereocenters. The third-order valence-corrected chi connectivity index (χ3v) is 16.0. The Morgan fingerprint density at radius 1 is 0.710 bits per heavy atom. The molecule has 0 aromatic heterocycles. The number of thioether (sulfide) groups is 6. The minimum absolute atomic E-state index is 0.279.